The maximum absolute atomic E-state index is 12.2. The van der Waals surface area contributed by atoms with Gasteiger partial charge in [0.1, 0.15) is 0 Å². The average Bonchev–Trinajstić information content (AvgIpc) is 3.23. The lowest BCUT2D eigenvalue weighted by molar-refractivity contribution is 0.247. The van der Waals surface area contributed by atoms with Gasteiger partial charge in [0.15, 0.2) is 0 Å². The average molecular weight is 280 g/mol. The molecule has 0 aliphatic heterocycles. The largest absolute Gasteiger partial charge is 0.328 e. The van der Waals surface area contributed by atoms with Crippen molar-refractivity contribution in [3.63, 3.8) is 0 Å². The predicted octanol–water partition coefficient (Wildman–Crippen LogP) is 4.11. The van der Waals surface area contributed by atoms with Gasteiger partial charge in [-0.05, 0) is 44.4 Å². The summed E-state index contributed by atoms with van der Waals surface area (Å²) in [6.07, 6.45) is 1.99. The molecular formula is C18H20N2O. The number of anilines is 1. The van der Waals surface area contributed by atoms with Crippen LogP contribution in [0.5, 0.6) is 0 Å². The molecule has 0 heterocycles. The van der Waals surface area contributed by atoms with E-state index in [0.717, 1.165) is 18.5 Å². The third-order valence-electron chi connectivity index (χ3n) is 4.02. The summed E-state index contributed by atoms with van der Waals surface area (Å²) < 4.78 is 0. The van der Waals surface area contributed by atoms with Crippen LogP contribution in [0.15, 0.2) is 48.5 Å². The summed E-state index contributed by atoms with van der Waals surface area (Å²) in [6, 6.07) is 16.1. The highest BCUT2D eigenvalue weighted by Crippen LogP contribution is 2.45. The van der Waals surface area contributed by atoms with Gasteiger partial charge in [0.05, 0.1) is 5.54 Å². The SMILES string of the molecule is Cc1ccc(NC(=O)NC2(c3ccc(C)cc3)CC2)cc1. The molecule has 0 spiro atoms. The van der Waals surface area contributed by atoms with Crippen molar-refractivity contribution >= 4 is 11.7 Å². The molecule has 0 bridgehead atoms. The Kier molecular flexibility index (Phi) is 3.42. The molecule has 2 aromatic carbocycles. The summed E-state index contributed by atoms with van der Waals surface area (Å²) >= 11 is 0. The summed E-state index contributed by atoms with van der Waals surface area (Å²) in [5.74, 6) is 0. The van der Waals surface area contributed by atoms with E-state index in [1.54, 1.807) is 0 Å². The molecule has 0 radical (unpaired) electrons. The molecule has 3 nitrogen and oxygen atoms in total. The Morgan fingerprint density at radius 1 is 0.905 bits per heavy atom. The molecule has 2 aromatic rings. The molecule has 1 fully saturated rings. The topological polar surface area (TPSA) is 41.1 Å². The van der Waals surface area contributed by atoms with Crippen LogP contribution in [0.3, 0.4) is 0 Å². The van der Waals surface area contributed by atoms with Crippen molar-refractivity contribution in [1.29, 1.82) is 0 Å². The summed E-state index contributed by atoms with van der Waals surface area (Å²) in [5.41, 5.74) is 4.24. The molecule has 2 N–H and O–H groups in total. The molecule has 3 rings (SSSR count). The van der Waals surface area contributed by atoms with Gasteiger partial charge in [0.2, 0.25) is 0 Å². The molecule has 1 saturated carbocycles. The van der Waals surface area contributed by atoms with Crippen LogP contribution in [0.4, 0.5) is 10.5 Å². The van der Waals surface area contributed by atoms with Gasteiger partial charge in [0.25, 0.3) is 0 Å². The molecule has 2 amide bonds. The number of nitrogens with one attached hydrogen (secondary N) is 2. The fraction of sp³-hybridized carbons (Fsp3) is 0.278. The van der Waals surface area contributed by atoms with Crippen LogP contribution < -0.4 is 10.6 Å². The summed E-state index contributed by atoms with van der Waals surface area (Å²) in [5, 5.41) is 6.01. The van der Waals surface area contributed by atoms with Gasteiger partial charge in [-0.25, -0.2) is 4.79 Å². The maximum atomic E-state index is 12.2. The quantitative estimate of drug-likeness (QED) is 0.872. The van der Waals surface area contributed by atoms with Crippen LogP contribution in [0.2, 0.25) is 0 Å². The van der Waals surface area contributed by atoms with Gasteiger partial charge in [0, 0.05) is 5.69 Å². The lowest BCUT2D eigenvalue weighted by atomic mass is 10.0. The van der Waals surface area contributed by atoms with E-state index >= 15 is 0 Å². The summed E-state index contributed by atoms with van der Waals surface area (Å²) in [4.78, 5) is 12.2. The molecule has 0 atom stereocenters. The number of benzene rings is 2. The number of carbonyl (C=O) groups excluding carboxylic acids is 1. The van der Waals surface area contributed by atoms with E-state index in [0.29, 0.717) is 0 Å². The Morgan fingerprint density at radius 2 is 1.43 bits per heavy atom. The lowest BCUT2D eigenvalue weighted by Gasteiger charge is -2.18. The molecule has 1 aliphatic carbocycles. The Balaban J connectivity index is 1.67. The van der Waals surface area contributed by atoms with Gasteiger partial charge in [-0.2, -0.15) is 0 Å². The van der Waals surface area contributed by atoms with Crippen molar-refractivity contribution in [2.45, 2.75) is 32.2 Å². The predicted molar refractivity (Wildman–Crippen MR) is 85.4 cm³/mol. The second-order valence-corrected chi connectivity index (χ2v) is 5.89. The number of carbonyl (C=O) groups is 1. The standard InChI is InChI=1S/C18H20N2O/c1-13-3-7-15(8-4-13)18(11-12-18)20-17(21)19-16-9-5-14(2)6-10-16/h3-10H,11-12H2,1-2H3,(H2,19,20,21). The van der Waals surface area contributed by atoms with Crippen molar-refractivity contribution < 1.29 is 4.79 Å². The van der Waals surface area contributed by atoms with Gasteiger partial charge < -0.3 is 10.6 Å². The highest BCUT2D eigenvalue weighted by Gasteiger charge is 2.45. The Labute approximate surface area is 125 Å². The van der Waals surface area contributed by atoms with Gasteiger partial charge in [-0.3, -0.25) is 0 Å². The molecule has 21 heavy (non-hydrogen) atoms. The van der Waals surface area contributed by atoms with Crippen LogP contribution in [0.1, 0.15) is 29.5 Å². The third-order valence-corrected chi connectivity index (χ3v) is 4.02. The minimum Gasteiger partial charge on any atom is -0.328 e. The minimum absolute atomic E-state index is 0.142. The minimum atomic E-state index is -0.178. The Morgan fingerprint density at radius 3 is 1.95 bits per heavy atom. The van der Waals surface area contributed by atoms with Gasteiger partial charge in [-0.1, -0.05) is 47.5 Å². The van der Waals surface area contributed by atoms with Crippen LogP contribution in [-0.4, -0.2) is 6.03 Å². The van der Waals surface area contributed by atoms with E-state index in [-0.39, 0.29) is 11.6 Å². The van der Waals surface area contributed by atoms with Gasteiger partial charge >= 0.3 is 6.03 Å². The molecule has 0 saturated heterocycles. The number of hydrogen-bond acceptors (Lipinski definition) is 1. The normalized spacial score (nSPS) is 15.3. The first kappa shape index (κ1) is 13.7. The van der Waals surface area contributed by atoms with E-state index in [9.17, 15) is 4.79 Å². The van der Waals surface area contributed by atoms with Crippen molar-refractivity contribution in [2.24, 2.45) is 0 Å². The highest BCUT2D eigenvalue weighted by atomic mass is 16.2. The lowest BCUT2D eigenvalue weighted by Crippen LogP contribution is -2.38. The fourth-order valence-corrected chi connectivity index (χ4v) is 2.50. The van der Waals surface area contributed by atoms with Crippen molar-refractivity contribution in [3.8, 4) is 0 Å². The Bertz CT molecular complexity index is 640. The zero-order chi connectivity index (χ0) is 14.9. The second-order valence-electron chi connectivity index (χ2n) is 5.89. The zero-order valence-electron chi connectivity index (χ0n) is 12.4. The number of aryl methyl sites for hydroxylation is 2. The molecular weight excluding hydrogens is 260 g/mol. The summed E-state index contributed by atoms with van der Waals surface area (Å²) in [7, 11) is 0. The maximum Gasteiger partial charge on any atom is 0.319 e. The van der Waals surface area contributed by atoms with Crippen molar-refractivity contribution in [3.05, 3.63) is 65.2 Å². The molecule has 3 heteroatoms. The smallest absolute Gasteiger partial charge is 0.319 e. The fourth-order valence-electron chi connectivity index (χ4n) is 2.50. The van der Waals surface area contributed by atoms with E-state index in [4.69, 9.17) is 0 Å². The van der Waals surface area contributed by atoms with Crippen molar-refractivity contribution in [1.82, 2.24) is 5.32 Å². The molecule has 1 aliphatic rings. The first-order valence-electron chi connectivity index (χ1n) is 7.30. The van der Waals surface area contributed by atoms with E-state index in [1.165, 1.54) is 16.7 Å². The summed E-state index contributed by atoms with van der Waals surface area (Å²) in [6.45, 7) is 4.10. The third kappa shape index (κ3) is 3.07. The van der Waals surface area contributed by atoms with Crippen LogP contribution in [-0.2, 0) is 5.54 Å². The molecule has 108 valence electrons. The molecule has 0 aromatic heterocycles. The zero-order valence-corrected chi connectivity index (χ0v) is 12.4. The van der Waals surface area contributed by atoms with Crippen molar-refractivity contribution in [2.75, 3.05) is 5.32 Å². The van der Waals surface area contributed by atoms with Crippen LogP contribution in [0.25, 0.3) is 0 Å². The first-order chi connectivity index (χ1) is 10.1. The van der Waals surface area contributed by atoms with E-state index < -0.39 is 0 Å². The van der Waals surface area contributed by atoms with Crippen LogP contribution >= 0.6 is 0 Å². The van der Waals surface area contributed by atoms with Crippen LogP contribution in [0, 0.1) is 13.8 Å². The van der Waals surface area contributed by atoms with E-state index in [2.05, 4.69) is 41.8 Å². The molecule has 0 unspecified atom stereocenters. The number of hydrogen-bond donors (Lipinski definition) is 2. The van der Waals surface area contributed by atoms with Gasteiger partial charge in [-0.15, -0.1) is 0 Å². The van der Waals surface area contributed by atoms with E-state index in [1.807, 2.05) is 31.2 Å². The first-order valence-corrected chi connectivity index (χ1v) is 7.30. The monoisotopic (exact) mass is 280 g/mol. The highest BCUT2D eigenvalue weighted by molar-refractivity contribution is 5.90. The number of amides is 2. The number of urea groups is 1. The Hall–Kier alpha value is -2.29. The number of rotatable bonds is 3. The second kappa shape index (κ2) is 5.24.